The molecular weight excluding hydrogens is 268 g/mol. The maximum Gasteiger partial charge on any atom is 0.340 e. The van der Waals surface area contributed by atoms with E-state index in [0.29, 0.717) is 5.56 Å². The molecule has 1 rings (SSSR count). The van der Waals surface area contributed by atoms with Crippen LogP contribution in [0.1, 0.15) is 5.56 Å². The Hall–Kier alpha value is -2.05. The molecule has 1 aromatic carbocycles. The van der Waals surface area contributed by atoms with Crippen LogP contribution in [0.3, 0.4) is 0 Å². The molecule has 0 heterocycles. The molecule has 104 valence electrons. The van der Waals surface area contributed by atoms with Gasteiger partial charge in [0.2, 0.25) is 0 Å². The lowest BCUT2D eigenvalue weighted by Gasteiger charge is -2.15. The van der Waals surface area contributed by atoms with Crippen LogP contribution in [-0.4, -0.2) is 24.9 Å². The maximum absolute atomic E-state index is 12.6. The first-order chi connectivity index (χ1) is 8.81. The Bertz CT molecular complexity index is 455. The van der Waals surface area contributed by atoms with Crippen molar-refractivity contribution in [3.63, 3.8) is 0 Å². The summed E-state index contributed by atoms with van der Waals surface area (Å²) >= 11 is 0. The number of rotatable bonds is 6. The van der Waals surface area contributed by atoms with Crippen molar-refractivity contribution in [1.82, 2.24) is 0 Å². The van der Waals surface area contributed by atoms with Gasteiger partial charge >= 0.3 is 12.3 Å². The number of benzene rings is 1. The first-order valence-corrected chi connectivity index (χ1v) is 5.09. The van der Waals surface area contributed by atoms with Crippen molar-refractivity contribution in [2.24, 2.45) is 0 Å². The second-order valence-corrected chi connectivity index (χ2v) is 3.57. The van der Waals surface area contributed by atoms with E-state index in [4.69, 9.17) is 0 Å². The van der Waals surface area contributed by atoms with Gasteiger partial charge in [-0.05, 0) is 23.8 Å². The van der Waals surface area contributed by atoms with Gasteiger partial charge in [0.05, 0.1) is 5.97 Å². The number of carboxylic acid groups (broad SMARTS) is 1. The van der Waals surface area contributed by atoms with Gasteiger partial charge < -0.3 is 14.6 Å². The number of hydrogen-bond donors (Lipinski definition) is 0. The lowest BCUT2D eigenvalue weighted by Crippen LogP contribution is -2.33. The number of aliphatic carboxylic acids is 1. The summed E-state index contributed by atoms with van der Waals surface area (Å²) in [5.74, 6) is -5.61. The minimum Gasteiger partial charge on any atom is -0.545 e. The molecule has 0 aliphatic rings. The summed E-state index contributed by atoms with van der Waals surface area (Å²) in [6.07, 6.45) is -1.77. The normalized spacial score (nSPS) is 12.1. The maximum atomic E-state index is 12.6. The molecule has 0 unspecified atom stereocenters. The van der Waals surface area contributed by atoms with E-state index in [0.717, 1.165) is 6.08 Å². The lowest BCUT2D eigenvalue weighted by molar-refractivity contribution is -0.297. The largest absolute Gasteiger partial charge is 0.545 e. The fraction of sp³-hybridized carbons (Fsp3) is 0.250. The van der Waals surface area contributed by atoms with Crippen LogP contribution in [0.5, 0.6) is 5.75 Å². The van der Waals surface area contributed by atoms with E-state index in [1.165, 1.54) is 30.3 Å². The molecule has 0 aromatic heterocycles. The molecule has 0 amide bonds. The molecule has 0 N–H and O–H groups in total. The molecule has 0 fully saturated rings. The molecule has 19 heavy (non-hydrogen) atoms. The van der Waals surface area contributed by atoms with E-state index in [2.05, 4.69) is 4.74 Å². The average Bonchev–Trinajstić information content (AvgIpc) is 2.35. The van der Waals surface area contributed by atoms with Crippen LogP contribution in [0.2, 0.25) is 0 Å². The standard InChI is InChI=1S/C12H10F4O3/c13-11(14)12(15,16)7-19-9-4-1-8(2-5-9)3-6-10(17)18/h1-6,11H,7H2,(H,17,18)/p-1/b6-3+. The van der Waals surface area contributed by atoms with Crippen LogP contribution in [-0.2, 0) is 4.79 Å². The summed E-state index contributed by atoms with van der Waals surface area (Å²) in [5, 5.41) is 10.1. The summed E-state index contributed by atoms with van der Waals surface area (Å²) in [6.45, 7) is -1.43. The van der Waals surface area contributed by atoms with E-state index in [1.54, 1.807) is 0 Å². The second-order valence-electron chi connectivity index (χ2n) is 3.57. The average molecular weight is 277 g/mol. The second kappa shape index (κ2) is 6.21. The van der Waals surface area contributed by atoms with Gasteiger partial charge in [-0.15, -0.1) is 0 Å². The zero-order valence-electron chi connectivity index (χ0n) is 9.49. The molecule has 0 atom stereocenters. The molecule has 0 spiro atoms. The Balaban J connectivity index is 2.60. The zero-order valence-corrected chi connectivity index (χ0v) is 9.49. The Morgan fingerprint density at radius 3 is 2.37 bits per heavy atom. The van der Waals surface area contributed by atoms with Crippen molar-refractivity contribution in [2.75, 3.05) is 6.61 Å². The molecule has 0 saturated heterocycles. The minimum atomic E-state index is -4.21. The number of hydrogen-bond acceptors (Lipinski definition) is 3. The molecule has 0 bridgehead atoms. The van der Waals surface area contributed by atoms with E-state index < -0.39 is 24.9 Å². The highest BCUT2D eigenvalue weighted by molar-refractivity contribution is 5.83. The molecular formula is C12H9F4O3-. The van der Waals surface area contributed by atoms with E-state index in [-0.39, 0.29) is 5.75 Å². The van der Waals surface area contributed by atoms with Crippen molar-refractivity contribution >= 4 is 12.0 Å². The Morgan fingerprint density at radius 1 is 1.32 bits per heavy atom. The lowest BCUT2D eigenvalue weighted by atomic mass is 10.2. The number of carboxylic acids is 1. The smallest absolute Gasteiger partial charge is 0.340 e. The van der Waals surface area contributed by atoms with E-state index in [9.17, 15) is 27.5 Å². The summed E-state index contributed by atoms with van der Waals surface area (Å²) < 4.78 is 53.4. The third-order valence-electron chi connectivity index (χ3n) is 2.04. The van der Waals surface area contributed by atoms with Gasteiger partial charge in [0.15, 0.2) is 6.61 Å². The topological polar surface area (TPSA) is 49.4 Å². The molecule has 0 aliphatic carbocycles. The molecule has 1 aromatic rings. The fourth-order valence-corrected chi connectivity index (χ4v) is 1.08. The van der Waals surface area contributed by atoms with Crippen LogP contribution in [0.25, 0.3) is 6.08 Å². The van der Waals surface area contributed by atoms with Crippen LogP contribution in [0.15, 0.2) is 30.3 Å². The third-order valence-corrected chi connectivity index (χ3v) is 2.04. The molecule has 0 radical (unpaired) electrons. The highest BCUT2D eigenvalue weighted by atomic mass is 19.3. The first-order valence-electron chi connectivity index (χ1n) is 5.09. The summed E-state index contributed by atoms with van der Waals surface area (Å²) in [4.78, 5) is 10.1. The van der Waals surface area contributed by atoms with Crippen LogP contribution in [0, 0.1) is 0 Å². The third kappa shape index (κ3) is 4.99. The van der Waals surface area contributed by atoms with Gasteiger partial charge in [-0.2, -0.15) is 8.78 Å². The van der Waals surface area contributed by atoms with E-state index in [1.807, 2.05) is 0 Å². The minimum absolute atomic E-state index is 0.0223. The molecule has 0 aliphatic heterocycles. The van der Waals surface area contributed by atoms with Crippen LogP contribution >= 0.6 is 0 Å². The quantitative estimate of drug-likeness (QED) is 0.587. The monoisotopic (exact) mass is 277 g/mol. The number of carbonyl (C=O) groups is 1. The first kappa shape index (κ1) is 15.0. The van der Waals surface area contributed by atoms with Crippen molar-refractivity contribution < 1.29 is 32.2 Å². The fourth-order valence-electron chi connectivity index (χ4n) is 1.08. The van der Waals surface area contributed by atoms with Crippen LogP contribution in [0.4, 0.5) is 17.6 Å². The highest BCUT2D eigenvalue weighted by Crippen LogP contribution is 2.24. The van der Waals surface area contributed by atoms with Gasteiger partial charge in [-0.25, -0.2) is 8.78 Å². The van der Waals surface area contributed by atoms with Crippen molar-refractivity contribution in [3.05, 3.63) is 35.9 Å². The Kier molecular flexibility index (Phi) is 4.91. The van der Waals surface area contributed by atoms with E-state index >= 15 is 0 Å². The van der Waals surface area contributed by atoms with Gasteiger partial charge in [-0.3, -0.25) is 0 Å². The van der Waals surface area contributed by atoms with Crippen molar-refractivity contribution in [1.29, 1.82) is 0 Å². The molecule has 0 saturated carbocycles. The van der Waals surface area contributed by atoms with Gasteiger partial charge in [0.25, 0.3) is 0 Å². The predicted octanol–water partition coefficient (Wildman–Crippen LogP) is 1.73. The van der Waals surface area contributed by atoms with Crippen molar-refractivity contribution in [2.45, 2.75) is 12.3 Å². The summed E-state index contributed by atoms with van der Waals surface area (Å²) in [7, 11) is 0. The van der Waals surface area contributed by atoms with Gasteiger partial charge in [-0.1, -0.05) is 18.2 Å². The molecule has 3 nitrogen and oxygen atoms in total. The summed E-state index contributed by atoms with van der Waals surface area (Å²) in [5.41, 5.74) is 0.470. The highest BCUT2D eigenvalue weighted by Gasteiger charge is 2.41. The van der Waals surface area contributed by atoms with Crippen molar-refractivity contribution in [3.8, 4) is 5.75 Å². The molecule has 7 heteroatoms. The number of halogens is 4. The summed E-state index contributed by atoms with van der Waals surface area (Å²) in [6, 6.07) is 5.29. The number of ether oxygens (including phenoxy) is 1. The number of alkyl halides is 4. The van der Waals surface area contributed by atoms with Gasteiger partial charge in [0, 0.05) is 0 Å². The van der Waals surface area contributed by atoms with Crippen LogP contribution < -0.4 is 9.84 Å². The number of carbonyl (C=O) groups excluding carboxylic acids is 1. The SMILES string of the molecule is O=C([O-])/C=C/c1ccc(OCC(F)(F)C(F)F)cc1. The Labute approximate surface area is 106 Å². The zero-order chi connectivity index (χ0) is 14.5. The predicted molar refractivity (Wildman–Crippen MR) is 56.9 cm³/mol. The Morgan fingerprint density at radius 2 is 1.89 bits per heavy atom. The van der Waals surface area contributed by atoms with Gasteiger partial charge in [0.1, 0.15) is 5.75 Å².